The van der Waals surface area contributed by atoms with Gasteiger partial charge in [-0.3, -0.25) is 4.79 Å². The molecule has 0 saturated heterocycles. The third-order valence-corrected chi connectivity index (χ3v) is 2.87. The SMILES string of the molecule is Cc1cc(C(=O)NCc2ccccc2F)nc(N(C)C)n1. The monoisotopic (exact) mass is 288 g/mol. The maximum Gasteiger partial charge on any atom is 0.270 e. The van der Waals surface area contributed by atoms with Crippen molar-refractivity contribution in [2.24, 2.45) is 0 Å². The molecule has 2 rings (SSSR count). The Bertz CT molecular complexity index is 658. The van der Waals surface area contributed by atoms with Crippen LogP contribution in [0.1, 0.15) is 21.7 Å². The first-order chi connectivity index (χ1) is 9.97. The number of nitrogens with one attached hydrogen (secondary N) is 1. The number of benzene rings is 1. The van der Waals surface area contributed by atoms with Crippen LogP contribution in [0.5, 0.6) is 0 Å². The Morgan fingerprint density at radius 1 is 1.29 bits per heavy atom. The van der Waals surface area contributed by atoms with Crippen LogP contribution in [0.25, 0.3) is 0 Å². The molecular formula is C15H17FN4O. The second-order valence-electron chi connectivity index (χ2n) is 4.86. The van der Waals surface area contributed by atoms with Gasteiger partial charge in [0.05, 0.1) is 0 Å². The van der Waals surface area contributed by atoms with E-state index >= 15 is 0 Å². The van der Waals surface area contributed by atoms with Crippen molar-refractivity contribution in [2.45, 2.75) is 13.5 Å². The van der Waals surface area contributed by atoms with E-state index in [0.29, 0.717) is 17.2 Å². The molecule has 0 spiro atoms. The van der Waals surface area contributed by atoms with Crippen LogP contribution in [0.15, 0.2) is 30.3 Å². The summed E-state index contributed by atoms with van der Waals surface area (Å²) in [5.41, 5.74) is 1.40. The van der Waals surface area contributed by atoms with Crippen molar-refractivity contribution < 1.29 is 9.18 Å². The van der Waals surface area contributed by atoms with Crippen molar-refractivity contribution in [3.8, 4) is 0 Å². The number of nitrogens with zero attached hydrogens (tertiary/aromatic N) is 3. The number of aromatic nitrogens is 2. The van der Waals surface area contributed by atoms with E-state index in [1.807, 2.05) is 0 Å². The number of rotatable bonds is 4. The van der Waals surface area contributed by atoms with E-state index < -0.39 is 0 Å². The summed E-state index contributed by atoms with van der Waals surface area (Å²) in [5, 5.41) is 2.66. The average molecular weight is 288 g/mol. The summed E-state index contributed by atoms with van der Waals surface area (Å²) in [6.45, 7) is 1.91. The molecule has 5 nitrogen and oxygen atoms in total. The van der Waals surface area contributed by atoms with Crippen molar-refractivity contribution in [3.05, 3.63) is 53.1 Å². The Morgan fingerprint density at radius 3 is 2.67 bits per heavy atom. The number of hydrogen-bond donors (Lipinski definition) is 1. The highest BCUT2D eigenvalue weighted by molar-refractivity contribution is 5.92. The van der Waals surface area contributed by atoms with E-state index in [1.54, 1.807) is 50.2 Å². The molecule has 2 aromatic rings. The number of amides is 1. The molecule has 0 aliphatic carbocycles. The minimum absolute atomic E-state index is 0.117. The Morgan fingerprint density at radius 2 is 2.00 bits per heavy atom. The first-order valence-corrected chi connectivity index (χ1v) is 6.52. The zero-order chi connectivity index (χ0) is 15.4. The molecule has 0 radical (unpaired) electrons. The second-order valence-corrected chi connectivity index (χ2v) is 4.86. The highest BCUT2D eigenvalue weighted by atomic mass is 19.1. The summed E-state index contributed by atoms with van der Waals surface area (Å²) in [7, 11) is 3.60. The van der Waals surface area contributed by atoms with Crippen LogP contribution in [-0.2, 0) is 6.54 Å². The maximum absolute atomic E-state index is 13.5. The number of carbonyl (C=O) groups is 1. The fraction of sp³-hybridized carbons (Fsp3) is 0.267. The Labute approximate surface area is 122 Å². The van der Waals surface area contributed by atoms with Crippen LogP contribution < -0.4 is 10.2 Å². The molecule has 0 aliphatic heterocycles. The summed E-state index contributed by atoms with van der Waals surface area (Å²) in [6, 6.07) is 7.93. The normalized spacial score (nSPS) is 10.3. The molecule has 110 valence electrons. The van der Waals surface area contributed by atoms with Crippen molar-refractivity contribution in [3.63, 3.8) is 0 Å². The van der Waals surface area contributed by atoms with Crippen molar-refractivity contribution in [2.75, 3.05) is 19.0 Å². The van der Waals surface area contributed by atoms with E-state index in [0.717, 1.165) is 0 Å². The zero-order valence-electron chi connectivity index (χ0n) is 12.2. The van der Waals surface area contributed by atoms with Gasteiger partial charge in [0.1, 0.15) is 11.5 Å². The first-order valence-electron chi connectivity index (χ1n) is 6.52. The quantitative estimate of drug-likeness (QED) is 0.934. The van der Waals surface area contributed by atoms with E-state index in [4.69, 9.17) is 0 Å². The molecule has 1 aromatic carbocycles. The van der Waals surface area contributed by atoms with E-state index in [9.17, 15) is 9.18 Å². The number of carbonyl (C=O) groups excluding carboxylic acids is 1. The van der Waals surface area contributed by atoms with Gasteiger partial charge in [-0.05, 0) is 19.1 Å². The number of anilines is 1. The molecule has 21 heavy (non-hydrogen) atoms. The van der Waals surface area contributed by atoms with Gasteiger partial charge in [-0.15, -0.1) is 0 Å². The number of hydrogen-bond acceptors (Lipinski definition) is 4. The molecule has 0 saturated carbocycles. The molecular weight excluding hydrogens is 271 g/mol. The molecule has 0 fully saturated rings. The standard InChI is InChI=1S/C15H17FN4O/c1-10-8-13(19-15(18-10)20(2)3)14(21)17-9-11-6-4-5-7-12(11)16/h4-8H,9H2,1-3H3,(H,17,21). The topological polar surface area (TPSA) is 58.1 Å². The van der Waals surface area contributed by atoms with Gasteiger partial charge < -0.3 is 10.2 Å². The van der Waals surface area contributed by atoms with Crippen LogP contribution >= 0.6 is 0 Å². The lowest BCUT2D eigenvalue weighted by Gasteiger charge is -2.12. The van der Waals surface area contributed by atoms with Crippen LogP contribution in [0.3, 0.4) is 0 Å². The Hall–Kier alpha value is -2.50. The molecule has 6 heteroatoms. The summed E-state index contributed by atoms with van der Waals surface area (Å²) in [4.78, 5) is 22.2. The smallest absolute Gasteiger partial charge is 0.270 e. The molecule has 1 heterocycles. The molecule has 1 N–H and O–H groups in total. The highest BCUT2D eigenvalue weighted by Gasteiger charge is 2.12. The third-order valence-electron chi connectivity index (χ3n) is 2.87. The van der Waals surface area contributed by atoms with Crippen molar-refractivity contribution >= 4 is 11.9 Å². The van der Waals surface area contributed by atoms with Gasteiger partial charge in [-0.25, -0.2) is 14.4 Å². The van der Waals surface area contributed by atoms with Gasteiger partial charge in [0.2, 0.25) is 5.95 Å². The summed E-state index contributed by atoms with van der Waals surface area (Å²) in [6.07, 6.45) is 0. The van der Waals surface area contributed by atoms with Crippen LogP contribution in [0, 0.1) is 12.7 Å². The Balaban J connectivity index is 2.12. The summed E-state index contributed by atoms with van der Waals surface area (Å²) in [5.74, 6) is -0.233. The van der Waals surface area contributed by atoms with Gasteiger partial charge in [0.15, 0.2) is 0 Å². The minimum Gasteiger partial charge on any atom is -0.347 e. The highest BCUT2D eigenvalue weighted by Crippen LogP contribution is 2.09. The maximum atomic E-state index is 13.5. The molecule has 0 unspecified atom stereocenters. The predicted molar refractivity (Wildman–Crippen MR) is 78.7 cm³/mol. The predicted octanol–water partition coefficient (Wildman–Crippen LogP) is 1.92. The van der Waals surface area contributed by atoms with Crippen molar-refractivity contribution in [1.82, 2.24) is 15.3 Å². The average Bonchev–Trinajstić information content (AvgIpc) is 2.45. The fourth-order valence-electron chi connectivity index (χ4n) is 1.78. The lowest BCUT2D eigenvalue weighted by atomic mass is 10.2. The number of aryl methyl sites for hydroxylation is 1. The van der Waals surface area contributed by atoms with E-state index in [1.165, 1.54) is 6.07 Å². The van der Waals surface area contributed by atoms with Crippen LogP contribution in [0.2, 0.25) is 0 Å². The molecule has 0 aliphatic rings. The lowest BCUT2D eigenvalue weighted by molar-refractivity contribution is 0.0945. The molecule has 1 amide bonds. The van der Waals surface area contributed by atoms with Gasteiger partial charge >= 0.3 is 0 Å². The first kappa shape index (κ1) is 14.9. The van der Waals surface area contributed by atoms with E-state index in [-0.39, 0.29) is 24.0 Å². The Kier molecular flexibility index (Phi) is 4.47. The largest absolute Gasteiger partial charge is 0.347 e. The fourth-order valence-corrected chi connectivity index (χ4v) is 1.78. The molecule has 0 atom stereocenters. The summed E-state index contributed by atoms with van der Waals surface area (Å²) < 4.78 is 13.5. The van der Waals surface area contributed by atoms with Gasteiger partial charge in [-0.2, -0.15) is 0 Å². The van der Waals surface area contributed by atoms with Crippen LogP contribution in [0.4, 0.5) is 10.3 Å². The van der Waals surface area contributed by atoms with Crippen LogP contribution in [-0.4, -0.2) is 30.0 Å². The van der Waals surface area contributed by atoms with Gasteiger partial charge in [0, 0.05) is 31.9 Å². The third kappa shape index (κ3) is 3.75. The second kappa shape index (κ2) is 6.30. The molecule has 1 aromatic heterocycles. The zero-order valence-corrected chi connectivity index (χ0v) is 12.2. The van der Waals surface area contributed by atoms with Gasteiger partial charge in [-0.1, -0.05) is 18.2 Å². The van der Waals surface area contributed by atoms with Gasteiger partial charge in [0.25, 0.3) is 5.91 Å². The summed E-state index contributed by atoms with van der Waals surface area (Å²) >= 11 is 0. The minimum atomic E-state index is -0.355. The van der Waals surface area contributed by atoms with E-state index in [2.05, 4.69) is 15.3 Å². The molecule has 0 bridgehead atoms. The number of halogens is 1. The van der Waals surface area contributed by atoms with Crippen molar-refractivity contribution in [1.29, 1.82) is 0 Å². The lowest BCUT2D eigenvalue weighted by Crippen LogP contribution is -2.25.